The van der Waals surface area contributed by atoms with Crippen LogP contribution in [0.25, 0.3) is 0 Å². The number of hydrogen-bond acceptors (Lipinski definition) is 3. The van der Waals surface area contributed by atoms with Gasteiger partial charge in [0.2, 0.25) is 5.91 Å². The smallest absolute Gasteiger partial charge is 0.228 e. The fourth-order valence-corrected chi connectivity index (χ4v) is 2.71. The van der Waals surface area contributed by atoms with Crippen LogP contribution in [0.5, 0.6) is 0 Å². The van der Waals surface area contributed by atoms with E-state index in [0.29, 0.717) is 12.5 Å². The van der Waals surface area contributed by atoms with Crippen LogP contribution in [0.2, 0.25) is 0 Å². The van der Waals surface area contributed by atoms with Gasteiger partial charge in [0.05, 0.1) is 5.92 Å². The van der Waals surface area contributed by atoms with E-state index in [2.05, 4.69) is 17.3 Å². The number of nitrogens with zero attached hydrogens (tertiary/aromatic N) is 1. The van der Waals surface area contributed by atoms with Gasteiger partial charge < -0.3 is 16.0 Å². The number of rotatable bonds is 5. The Balaban J connectivity index is 0.00000220. The second kappa shape index (κ2) is 10.8. The van der Waals surface area contributed by atoms with Crippen molar-refractivity contribution >= 4 is 30.7 Å². The van der Waals surface area contributed by atoms with Gasteiger partial charge >= 0.3 is 0 Å². The maximum absolute atomic E-state index is 12.3. The minimum atomic E-state index is -0.234. The highest BCUT2D eigenvalue weighted by Gasteiger charge is 2.21. The first-order valence-electron chi connectivity index (χ1n) is 7.42. The van der Waals surface area contributed by atoms with E-state index in [9.17, 15) is 4.79 Å². The maximum atomic E-state index is 12.3. The molecule has 1 aliphatic rings. The first-order chi connectivity index (χ1) is 9.70. The van der Waals surface area contributed by atoms with Gasteiger partial charge in [0, 0.05) is 13.1 Å². The van der Waals surface area contributed by atoms with E-state index >= 15 is 0 Å². The zero-order valence-corrected chi connectivity index (χ0v) is 14.7. The van der Waals surface area contributed by atoms with Crippen molar-refractivity contribution in [2.45, 2.75) is 18.8 Å². The second-order valence-electron chi connectivity index (χ2n) is 5.69. The normalized spacial score (nSPS) is 17.0. The number of piperidine rings is 1. The molecule has 0 radical (unpaired) electrons. The lowest BCUT2D eigenvalue weighted by Crippen LogP contribution is -2.39. The highest BCUT2D eigenvalue weighted by Crippen LogP contribution is 2.17. The van der Waals surface area contributed by atoms with Gasteiger partial charge in [-0.15, -0.1) is 24.8 Å². The Kier molecular flexibility index (Phi) is 10.4. The molecule has 3 N–H and O–H groups in total. The number of halogens is 2. The molecule has 22 heavy (non-hydrogen) atoms. The van der Waals surface area contributed by atoms with E-state index in [-0.39, 0.29) is 36.6 Å². The highest BCUT2D eigenvalue weighted by atomic mass is 35.5. The van der Waals surface area contributed by atoms with Crippen molar-refractivity contribution in [1.29, 1.82) is 0 Å². The van der Waals surface area contributed by atoms with Gasteiger partial charge in [0.25, 0.3) is 0 Å². The Labute approximate surface area is 145 Å². The molecule has 1 atom stereocenters. The van der Waals surface area contributed by atoms with Crippen LogP contribution < -0.4 is 11.1 Å². The van der Waals surface area contributed by atoms with E-state index in [1.807, 2.05) is 30.3 Å². The van der Waals surface area contributed by atoms with Gasteiger partial charge in [0.15, 0.2) is 0 Å². The third kappa shape index (κ3) is 6.13. The summed E-state index contributed by atoms with van der Waals surface area (Å²) in [6.07, 6.45) is 2.32. The minimum Gasteiger partial charge on any atom is -0.355 e. The van der Waals surface area contributed by atoms with Crippen LogP contribution in [-0.4, -0.2) is 44.0 Å². The van der Waals surface area contributed by atoms with Crippen LogP contribution in [0.1, 0.15) is 24.3 Å². The van der Waals surface area contributed by atoms with E-state index in [0.717, 1.165) is 38.0 Å². The van der Waals surface area contributed by atoms with Crippen LogP contribution in [-0.2, 0) is 4.79 Å². The molecule has 0 bridgehead atoms. The lowest BCUT2D eigenvalue weighted by Gasteiger charge is -2.29. The Morgan fingerprint density at radius 2 is 1.86 bits per heavy atom. The molecule has 1 fully saturated rings. The fourth-order valence-electron chi connectivity index (χ4n) is 2.71. The number of benzene rings is 1. The van der Waals surface area contributed by atoms with Crippen LogP contribution >= 0.6 is 24.8 Å². The van der Waals surface area contributed by atoms with Gasteiger partial charge in [-0.1, -0.05) is 30.3 Å². The summed E-state index contributed by atoms with van der Waals surface area (Å²) in [4.78, 5) is 14.6. The molecule has 0 saturated carbocycles. The first-order valence-corrected chi connectivity index (χ1v) is 7.42. The van der Waals surface area contributed by atoms with Gasteiger partial charge in [-0.2, -0.15) is 0 Å². The molecular weight excluding hydrogens is 321 g/mol. The monoisotopic (exact) mass is 347 g/mol. The number of nitrogens with one attached hydrogen (secondary N) is 1. The topological polar surface area (TPSA) is 58.4 Å². The number of carbonyl (C=O) groups excluding carboxylic acids is 1. The molecule has 4 nitrogen and oxygen atoms in total. The van der Waals surface area contributed by atoms with E-state index in [4.69, 9.17) is 5.73 Å². The molecule has 0 spiro atoms. The van der Waals surface area contributed by atoms with Gasteiger partial charge in [-0.05, 0) is 44.5 Å². The van der Waals surface area contributed by atoms with E-state index in [1.54, 1.807) is 0 Å². The zero-order valence-electron chi connectivity index (χ0n) is 13.0. The molecule has 1 aliphatic heterocycles. The molecule has 1 aromatic rings. The third-order valence-electron chi connectivity index (χ3n) is 4.16. The molecule has 1 unspecified atom stereocenters. The lowest BCUT2D eigenvalue weighted by atomic mass is 9.95. The predicted octanol–water partition coefficient (Wildman–Crippen LogP) is 2.03. The van der Waals surface area contributed by atoms with Crippen molar-refractivity contribution in [1.82, 2.24) is 10.2 Å². The standard InChI is InChI=1S/C16H25N3O.2ClH/c1-19-9-7-13(8-10-19)12-18-16(20)15(11-17)14-5-3-2-4-6-14;;/h2-6,13,15H,7-12,17H2,1H3,(H,18,20);2*1H. The van der Waals surface area contributed by atoms with Crippen LogP contribution in [0.4, 0.5) is 0 Å². The Morgan fingerprint density at radius 1 is 1.27 bits per heavy atom. The first kappa shape index (κ1) is 21.2. The number of amides is 1. The number of carbonyl (C=O) groups is 1. The van der Waals surface area contributed by atoms with Crippen molar-refractivity contribution in [2.75, 3.05) is 33.2 Å². The van der Waals surface area contributed by atoms with Crippen LogP contribution in [0.15, 0.2) is 30.3 Å². The van der Waals surface area contributed by atoms with Crippen molar-refractivity contribution in [3.63, 3.8) is 0 Å². The average Bonchev–Trinajstić information content (AvgIpc) is 2.48. The molecule has 1 amide bonds. The van der Waals surface area contributed by atoms with Crippen molar-refractivity contribution in [3.05, 3.63) is 35.9 Å². The van der Waals surface area contributed by atoms with Crippen molar-refractivity contribution < 1.29 is 4.79 Å². The summed E-state index contributed by atoms with van der Waals surface area (Å²) in [7, 11) is 2.15. The molecule has 1 saturated heterocycles. The third-order valence-corrected chi connectivity index (χ3v) is 4.16. The quantitative estimate of drug-likeness (QED) is 0.856. The number of hydrogen-bond donors (Lipinski definition) is 2. The van der Waals surface area contributed by atoms with E-state index in [1.165, 1.54) is 0 Å². The molecular formula is C16H27Cl2N3O. The predicted molar refractivity (Wildman–Crippen MR) is 96.0 cm³/mol. The van der Waals surface area contributed by atoms with Crippen LogP contribution in [0, 0.1) is 5.92 Å². The molecule has 6 heteroatoms. The summed E-state index contributed by atoms with van der Waals surface area (Å²) in [5, 5.41) is 3.08. The van der Waals surface area contributed by atoms with Crippen LogP contribution in [0.3, 0.4) is 0 Å². The molecule has 0 aliphatic carbocycles. The van der Waals surface area contributed by atoms with Crippen molar-refractivity contribution in [2.24, 2.45) is 11.7 Å². The lowest BCUT2D eigenvalue weighted by molar-refractivity contribution is -0.122. The number of nitrogens with two attached hydrogens (primary N) is 1. The summed E-state index contributed by atoms with van der Waals surface area (Å²) >= 11 is 0. The zero-order chi connectivity index (χ0) is 14.4. The average molecular weight is 348 g/mol. The Morgan fingerprint density at radius 3 is 2.41 bits per heavy atom. The summed E-state index contributed by atoms with van der Waals surface area (Å²) in [5.41, 5.74) is 6.76. The van der Waals surface area contributed by atoms with Crippen molar-refractivity contribution in [3.8, 4) is 0 Å². The summed E-state index contributed by atoms with van der Waals surface area (Å²) in [6, 6.07) is 9.78. The fraction of sp³-hybridized carbons (Fsp3) is 0.562. The van der Waals surface area contributed by atoms with Gasteiger partial charge in [0.1, 0.15) is 0 Å². The molecule has 2 rings (SSSR count). The summed E-state index contributed by atoms with van der Waals surface area (Å²) in [5.74, 6) is 0.421. The molecule has 1 heterocycles. The van der Waals surface area contributed by atoms with Gasteiger partial charge in [-0.25, -0.2) is 0 Å². The molecule has 126 valence electrons. The van der Waals surface area contributed by atoms with E-state index < -0.39 is 0 Å². The minimum absolute atomic E-state index is 0. The molecule has 1 aromatic carbocycles. The van der Waals surface area contributed by atoms with Gasteiger partial charge in [-0.3, -0.25) is 4.79 Å². The second-order valence-corrected chi connectivity index (χ2v) is 5.69. The molecule has 0 aromatic heterocycles. The Hall–Kier alpha value is -0.810. The summed E-state index contributed by atoms with van der Waals surface area (Å²) < 4.78 is 0. The highest BCUT2D eigenvalue weighted by molar-refractivity contribution is 5.85. The number of likely N-dealkylation sites (tertiary alicyclic amines) is 1. The largest absolute Gasteiger partial charge is 0.355 e. The Bertz CT molecular complexity index is 423. The maximum Gasteiger partial charge on any atom is 0.228 e. The SMILES string of the molecule is CN1CCC(CNC(=O)C(CN)c2ccccc2)CC1.Cl.Cl. The summed E-state index contributed by atoms with van der Waals surface area (Å²) in [6.45, 7) is 3.37.